The molecule has 1 aliphatic heterocycles. The summed E-state index contributed by atoms with van der Waals surface area (Å²) in [4.78, 5) is 14.1. The molecule has 11 heteroatoms. The summed E-state index contributed by atoms with van der Waals surface area (Å²) in [7, 11) is 1.54. The van der Waals surface area contributed by atoms with Gasteiger partial charge in [-0.2, -0.15) is 13.2 Å². The number of carbonyl (C=O) groups is 1. The zero-order valence-electron chi connectivity index (χ0n) is 16.8. The molecule has 2 heterocycles. The van der Waals surface area contributed by atoms with Crippen molar-refractivity contribution >= 4 is 17.5 Å². The second kappa shape index (κ2) is 8.44. The van der Waals surface area contributed by atoms with Gasteiger partial charge in [0.25, 0.3) is 5.91 Å². The third-order valence-corrected chi connectivity index (χ3v) is 5.35. The summed E-state index contributed by atoms with van der Waals surface area (Å²) >= 11 is 6.03. The Labute approximate surface area is 186 Å². The molecule has 4 rings (SSSR count). The monoisotopic (exact) mass is 466 g/mol. The molecule has 1 aliphatic rings. The van der Waals surface area contributed by atoms with E-state index in [1.165, 1.54) is 46.8 Å². The van der Waals surface area contributed by atoms with Crippen molar-refractivity contribution in [1.82, 2.24) is 19.7 Å². The van der Waals surface area contributed by atoms with Gasteiger partial charge in [-0.3, -0.25) is 4.79 Å². The Bertz CT molecular complexity index is 1160. The smallest absolute Gasteiger partial charge is 0.417 e. The van der Waals surface area contributed by atoms with E-state index in [4.69, 9.17) is 16.3 Å². The number of likely N-dealkylation sites (tertiary alicyclic amines) is 1. The molecule has 168 valence electrons. The molecule has 1 aromatic heterocycles. The molecule has 1 amide bonds. The van der Waals surface area contributed by atoms with Crippen molar-refractivity contribution in [3.05, 3.63) is 64.4 Å². The van der Waals surface area contributed by atoms with Gasteiger partial charge in [0.1, 0.15) is 12.4 Å². The van der Waals surface area contributed by atoms with Gasteiger partial charge < -0.3 is 19.3 Å². The Hall–Kier alpha value is -3.11. The molecule has 3 aromatic rings. The quantitative estimate of drug-likeness (QED) is 0.622. The molecule has 2 aromatic carbocycles. The number of β-amino-alcohol motifs (C(OH)–C–C–N with tert-alkyl or cyclic N) is 1. The van der Waals surface area contributed by atoms with Crippen LogP contribution < -0.4 is 4.74 Å². The van der Waals surface area contributed by atoms with Crippen LogP contribution in [0.15, 0.2) is 42.5 Å². The highest BCUT2D eigenvalue weighted by molar-refractivity contribution is 6.31. The Morgan fingerprint density at radius 1 is 1.22 bits per heavy atom. The highest BCUT2D eigenvalue weighted by atomic mass is 35.5. The van der Waals surface area contributed by atoms with Gasteiger partial charge in [0.05, 0.1) is 17.2 Å². The van der Waals surface area contributed by atoms with Crippen LogP contribution in [0, 0.1) is 0 Å². The molecule has 7 nitrogen and oxygen atoms in total. The summed E-state index contributed by atoms with van der Waals surface area (Å²) in [5.41, 5.74) is -0.695. The van der Waals surface area contributed by atoms with E-state index in [9.17, 15) is 23.1 Å². The number of carbonyl (C=O) groups excluding carboxylic acids is 1. The molecule has 0 bridgehead atoms. The Kier molecular flexibility index (Phi) is 5.83. The minimum absolute atomic E-state index is 0.0403. The van der Waals surface area contributed by atoms with E-state index < -0.39 is 17.8 Å². The predicted molar refractivity (Wildman–Crippen MR) is 109 cm³/mol. The highest BCUT2D eigenvalue weighted by Crippen LogP contribution is 2.36. The van der Waals surface area contributed by atoms with Crippen molar-refractivity contribution < 1.29 is 27.8 Å². The van der Waals surface area contributed by atoms with Crippen LogP contribution in [0.4, 0.5) is 13.2 Å². The molecule has 0 saturated carbocycles. The van der Waals surface area contributed by atoms with Crippen LogP contribution in [0.3, 0.4) is 0 Å². The van der Waals surface area contributed by atoms with E-state index in [2.05, 4.69) is 10.2 Å². The summed E-state index contributed by atoms with van der Waals surface area (Å²) in [6.07, 6.45) is -5.10. The first-order valence-electron chi connectivity index (χ1n) is 9.59. The predicted octanol–water partition coefficient (Wildman–Crippen LogP) is 3.55. The Morgan fingerprint density at radius 2 is 1.94 bits per heavy atom. The number of halogens is 4. The fraction of sp³-hybridized carbons (Fsp3) is 0.286. The van der Waals surface area contributed by atoms with E-state index in [1.807, 2.05) is 0 Å². The number of amides is 1. The minimum Gasteiger partial charge on any atom is -0.485 e. The number of hydrogen-bond donors (Lipinski definition) is 1. The summed E-state index contributed by atoms with van der Waals surface area (Å²) < 4.78 is 47.3. The third kappa shape index (κ3) is 4.28. The Balaban J connectivity index is 1.57. The molecular formula is C21H18ClF3N4O3. The lowest BCUT2D eigenvalue weighted by Crippen LogP contribution is -2.53. The molecule has 0 unspecified atom stereocenters. The molecule has 1 N–H and O–H groups in total. The van der Waals surface area contributed by atoms with Crippen LogP contribution in [0.25, 0.3) is 11.4 Å². The summed E-state index contributed by atoms with van der Waals surface area (Å²) in [5.74, 6) is 0.204. The maximum atomic E-state index is 13.4. The lowest BCUT2D eigenvalue weighted by molar-refractivity contribution is -0.137. The minimum atomic E-state index is -4.54. The fourth-order valence-electron chi connectivity index (χ4n) is 3.38. The first kappa shape index (κ1) is 22.1. The summed E-state index contributed by atoms with van der Waals surface area (Å²) in [6, 6.07) is 9.66. The number of aliphatic hydroxyl groups is 1. The molecule has 32 heavy (non-hydrogen) atoms. The average Bonchev–Trinajstić information content (AvgIpc) is 3.09. The number of ether oxygens (including phenoxy) is 1. The van der Waals surface area contributed by atoms with Gasteiger partial charge in [-0.15, -0.1) is 10.2 Å². The second-order valence-electron chi connectivity index (χ2n) is 7.34. The van der Waals surface area contributed by atoms with Gasteiger partial charge in [-0.05, 0) is 24.3 Å². The van der Waals surface area contributed by atoms with Crippen molar-refractivity contribution in [3.8, 4) is 17.1 Å². The van der Waals surface area contributed by atoms with E-state index >= 15 is 0 Å². The first-order valence-corrected chi connectivity index (χ1v) is 9.97. The summed E-state index contributed by atoms with van der Waals surface area (Å²) in [6.45, 7) is 0.300. The van der Waals surface area contributed by atoms with Gasteiger partial charge in [-0.25, -0.2) is 0 Å². The third-order valence-electron chi connectivity index (χ3n) is 5.12. The number of nitrogens with zero attached hydrogens (tertiary/aromatic N) is 4. The normalized spacial score (nSPS) is 14.4. The van der Waals surface area contributed by atoms with Crippen LogP contribution in [0.5, 0.6) is 5.75 Å². The van der Waals surface area contributed by atoms with Crippen LogP contribution in [0.1, 0.15) is 21.7 Å². The molecule has 0 aliphatic carbocycles. The molecule has 1 saturated heterocycles. The zero-order chi connectivity index (χ0) is 23.0. The van der Waals surface area contributed by atoms with E-state index in [1.54, 1.807) is 6.07 Å². The lowest BCUT2D eigenvalue weighted by Gasteiger charge is -2.36. The van der Waals surface area contributed by atoms with E-state index in [0.29, 0.717) is 5.02 Å². The van der Waals surface area contributed by atoms with Crippen LogP contribution in [-0.4, -0.2) is 49.9 Å². The zero-order valence-corrected chi connectivity index (χ0v) is 17.6. The number of alkyl halides is 3. The van der Waals surface area contributed by atoms with Gasteiger partial charge in [0.2, 0.25) is 0 Å². The SMILES string of the molecule is Cn1c(COc2ccc(Cl)cc2C(=O)N2CC(O)C2)nnc1-c1ccccc1C(F)(F)F. The van der Waals surface area contributed by atoms with Crippen molar-refractivity contribution in [2.45, 2.75) is 18.9 Å². The molecule has 0 spiro atoms. The van der Waals surface area contributed by atoms with Gasteiger partial charge >= 0.3 is 6.18 Å². The van der Waals surface area contributed by atoms with Gasteiger partial charge in [0.15, 0.2) is 11.6 Å². The Morgan fingerprint density at radius 3 is 2.62 bits per heavy atom. The molecular weight excluding hydrogens is 449 g/mol. The van der Waals surface area contributed by atoms with Crippen molar-refractivity contribution in [1.29, 1.82) is 0 Å². The van der Waals surface area contributed by atoms with Crippen LogP contribution >= 0.6 is 11.6 Å². The lowest BCUT2D eigenvalue weighted by atomic mass is 10.1. The topological polar surface area (TPSA) is 80.5 Å². The van der Waals surface area contributed by atoms with E-state index in [-0.39, 0.29) is 54.1 Å². The van der Waals surface area contributed by atoms with Crippen molar-refractivity contribution in [3.63, 3.8) is 0 Å². The van der Waals surface area contributed by atoms with Gasteiger partial charge in [-0.1, -0.05) is 29.8 Å². The van der Waals surface area contributed by atoms with Crippen LogP contribution in [0.2, 0.25) is 5.02 Å². The summed E-state index contributed by atoms with van der Waals surface area (Å²) in [5, 5.41) is 17.7. The second-order valence-corrected chi connectivity index (χ2v) is 7.77. The maximum Gasteiger partial charge on any atom is 0.417 e. The molecule has 1 fully saturated rings. The van der Waals surface area contributed by atoms with Crippen LogP contribution in [-0.2, 0) is 19.8 Å². The number of hydrogen-bond acceptors (Lipinski definition) is 5. The largest absolute Gasteiger partial charge is 0.485 e. The molecule has 0 atom stereocenters. The average molecular weight is 467 g/mol. The number of aliphatic hydroxyl groups excluding tert-OH is 1. The fourth-order valence-corrected chi connectivity index (χ4v) is 3.55. The number of rotatable bonds is 5. The van der Waals surface area contributed by atoms with Gasteiger partial charge in [0, 0.05) is 30.7 Å². The standard InChI is InChI=1S/C21H18ClF3N4O3/c1-28-18(26-27-19(28)14-4-2-3-5-16(14)21(23,24)25)11-32-17-7-6-12(22)8-15(17)20(31)29-9-13(30)10-29/h2-8,13,30H,9-11H2,1H3. The van der Waals surface area contributed by atoms with E-state index in [0.717, 1.165) is 6.07 Å². The number of aromatic nitrogens is 3. The van der Waals surface area contributed by atoms with Crippen molar-refractivity contribution in [2.75, 3.05) is 13.1 Å². The highest BCUT2D eigenvalue weighted by Gasteiger charge is 2.35. The number of benzene rings is 2. The first-order chi connectivity index (χ1) is 15.1. The maximum absolute atomic E-state index is 13.4. The molecule has 0 radical (unpaired) electrons. The van der Waals surface area contributed by atoms with Crippen molar-refractivity contribution in [2.24, 2.45) is 7.05 Å².